The van der Waals surface area contributed by atoms with Gasteiger partial charge >= 0.3 is 0 Å². The minimum Gasteiger partial charge on any atom is -0.343 e. The van der Waals surface area contributed by atoms with Crippen molar-refractivity contribution in [1.29, 1.82) is 0 Å². The molecular weight excluding hydrogens is 414 g/mol. The van der Waals surface area contributed by atoms with Crippen LogP contribution in [0.2, 0.25) is 0 Å². The van der Waals surface area contributed by atoms with Crippen molar-refractivity contribution >= 4 is 5.91 Å². The Hall–Kier alpha value is -0.530. The fourth-order valence-corrected chi connectivity index (χ4v) is 5.54. The van der Waals surface area contributed by atoms with Gasteiger partial charge in [-0.05, 0) is 19.3 Å². The lowest BCUT2D eigenvalue weighted by atomic mass is 10.0. The highest BCUT2D eigenvalue weighted by atomic mass is 16.2. The molecule has 1 rings (SSSR count). The lowest BCUT2D eigenvalue weighted by Crippen LogP contribution is -2.27. The molecular formula is C32H63NO. The Morgan fingerprint density at radius 1 is 0.441 bits per heavy atom. The average Bonchev–Trinajstić information content (AvgIpc) is 3.39. The second-order valence-corrected chi connectivity index (χ2v) is 11.3. The highest BCUT2D eigenvalue weighted by molar-refractivity contribution is 5.76. The van der Waals surface area contributed by atoms with E-state index >= 15 is 0 Å². The number of likely N-dealkylation sites (tertiary alicyclic amines) is 1. The Balaban J connectivity index is 1.64. The lowest BCUT2D eigenvalue weighted by molar-refractivity contribution is -0.130. The summed E-state index contributed by atoms with van der Waals surface area (Å²) in [4.78, 5) is 14.1. The zero-order chi connectivity index (χ0) is 24.4. The van der Waals surface area contributed by atoms with Gasteiger partial charge in [0.15, 0.2) is 0 Å². The van der Waals surface area contributed by atoms with E-state index in [4.69, 9.17) is 0 Å². The Kier molecular flexibility index (Phi) is 23.7. The summed E-state index contributed by atoms with van der Waals surface area (Å²) in [5.74, 6) is 0.409. The number of amides is 1. The van der Waals surface area contributed by atoms with Crippen LogP contribution in [0.25, 0.3) is 0 Å². The third-order valence-corrected chi connectivity index (χ3v) is 7.95. The maximum atomic E-state index is 12.0. The molecule has 2 heteroatoms. The summed E-state index contributed by atoms with van der Waals surface area (Å²) in [6, 6.07) is 0. The third kappa shape index (κ3) is 20.8. The second-order valence-electron chi connectivity index (χ2n) is 11.3. The van der Waals surface area contributed by atoms with Crippen LogP contribution in [0.1, 0.15) is 187 Å². The van der Waals surface area contributed by atoms with E-state index in [-0.39, 0.29) is 0 Å². The molecule has 2 nitrogen and oxygen atoms in total. The SMILES string of the molecule is CCCCCCCCCCCCCCCCCCCCCCCCCCCC(=O)N1CCCC1. The number of carbonyl (C=O) groups excluding carboxylic acids is 1. The fraction of sp³-hybridized carbons (Fsp3) is 0.969. The molecule has 0 aliphatic carbocycles. The van der Waals surface area contributed by atoms with Crippen LogP contribution < -0.4 is 0 Å². The van der Waals surface area contributed by atoms with Gasteiger partial charge in [-0.15, -0.1) is 0 Å². The smallest absolute Gasteiger partial charge is 0.222 e. The Bertz CT molecular complexity index is 415. The van der Waals surface area contributed by atoms with Crippen LogP contribution >= 0.6 is 0 Å². The van der Waals surface area contributed by atoms with Crippen LogP contribution in [0.5, 0.6) is 0 Å². The van der Waals surface area contributed by atoms with Crippen molar-refractivity contribution in [1.82, 2.24) is 4.90 Å². The average molecular weight is 478 g/mol. The maximum absolute atomic E-state index is 12.0. The standard InChI is InChI=1S/C32H63NO/c1-2-3-4-5-6-7-8-9-10-11-12-13-14-15-16-17-18-19-20-21-22-23-24-25-26-29-32(34)33-30-27-28-31-33/h2-31H2,1H3. The van der Waals surface area contributed by atoms with Gasteiger partial charge in [-0.2, -0.15) is 0 Å². The summed E-state index contributed by atoms with van der Waals surface area (Å²) in [7, 11) is 0. The number of rotatable bonds is 26. The van der Waals surface area contributed by atoms with Crippen LogP contribution in [0.15, 0.2) is 0 Å². The molecule has 0 aromatic heterocycles. The molecule has 1 amide bonds. The summed E-state index contributed by atoms with van der Waals surface area (Å²) in [5, 5.41) is 0. The molecule has 0 unspecified atom stereocenters. The molecule has 0 N–H and O–H groups in total. The van der Waals surface area contributed by atoms with Crippen molar-refractivity contribution in [3.8, 4) is 0 Å². The number of hydrogen-bond donors (Lipinski definition) is 0. The highest BCUT2D eigenvalue weighted by Gasteiger charge is 2.16. The van der Waals surface area contributed by atoms with Crippen LogP contribution in [0.4, 0.5) is 0 Å². The first-order valence-corrected chi connectivity index (χ1v) is 16.1. The molecule has 0 spiro atoms. The van der Waals surface area contributed by atoms with Gasteiger partial charge in [0.05, 0.1) is 0 Å². The molecule has 1 aliphatic rings. The van der Waals surface area contributed by atoms with Crippen molar-refractivity contribution in [2.45, 2.75) is 187 Å². The predicted octanol–water partition coefficient (Wildman–Crippen LogP) is 10.8. The largest absolute Gasteiger partial charge is 0.343 e. The zero-order valence-corrected chi connectivity index (χ0v) is 23.6. The normalized spacial score (nSPS) is 13.7. The van der Waals surface area contributed by atoms with E-state index in [1.165, 1.54) is 167 Å². The molecule has 0 aromatic carbocycles. The molecule has 1 heterocycles. The minimum atomic E-state index is 0.409. The quantitative estimate of drug-likeness (QED) is 0.113. The lowest BCUT2D eigenvalue weighted by Gasteiger charge is -2.14. The Morgan fingerprint density at radius 2 is 0.706 bits per heavy atom. The van der Waals surface area contributed by atoms with E-state index in [1.54, 1.807) is 0 Å². The van der Waals surface area contributed by atoms with E-state index in [0.29, 0.717) is 5.91 Å². The van der Waals surface area contributed by atoms with Gasteiger partial charge in [0.1, 0.15) is 0 Å². The van der Waals surface area contributed by atoms with E-state index in [2.05, 4.69) is 11.8 Å². The monoisotopic (exact) mass is 477 g/mol. The van der Waals surface area contributed by atoms with Gasteiger partial charge in [-0.3, -0.25) is 4.79 Å². The van der Waals surface area contributed by atoms with E-state index in [1.807, 2.05) is 0 Å². The Labute approximate surface area is 215 Å². The van der Waals surface area contributed by atoms with Gasteiger partial charge in [0.25, 0.3) is 0 Å². The molecule has 202 valence electrons. The highest BCUT2D eigenvalue weighted by Crippen LogP contribution is 2.16. The first-order chi connectivity index (χ1) is 16.8. The predicted molar refractivity (Wildman–Crippen MR) is 152 cm³/mol. The van der Waals surface area contributed by atoms with Crippen molar-refractivity contribution in [2.75, 3.05) is 13.1 Å². The minimum absolute atomic E-state index is 0.409. The second kappa shape index (κ2) is 25.6. The van der Waals surface area contributed by atoms with Crippen molar-refractivity contribution in [3.63, 3.8) is 0 Å². The van der Waals surface area contributed by atoms with Crippen LogP contribution in [-0.4, -0.2) is 23.9 Å². The van der Waals surface area contributed by atoms with Crippen LogP contribution in [-0.2, 0) is 4.79 Å². The van der Waals surface area contributed by atoms with Gasteiger partial charge in [0, 0.05) is 19.5 Å². The molecule has 1 fully saturated rings. The van der Waals surface area contributed by atoms with Gasteiger partial charge < -0.3 is 4.90 Å². The van der Waals surface area contributed by atoms with Gasteiger partial charge in [-0.1, -0.05) is 161 Å². The fourth-order valence-electron chi connectivity index (χ4n) is 5.54. The summed E-state index contributed by atoms with van der Waals surface area (Å²) in [6.45, 7) is 4.33. The molecule has 0 radical (unpaired) electrons. The molecule has 0 atom stereocenters. The van der Waals surface area contributed by atoms with Crippen molar-refractivity contribution in [3.05, 3.63) is 0 Å². The van der Waals surface area contributed by atoms with E-state index in [0.717, 1.165) is 25.9 Å². The number of carbonyl (C=O) groups is 1. The summed E-state index contributed by atoms with van der Waals surface area (Å²) < 4.78 is 0. The summed E-state index contributed by atoms with van der Waals surface area (Å²) in [5.41, 5.74) is 0. The van der Waals surface area contributed by atoms with Crippen LogP contribution in [0.3, 0.4) is 0 Å². The van der Waals surface area contributed by atoms with Gasteiger partial charge in [0.2, 0.25) is 5.91 Å². The molecule has 0 aromatic rings. The number of nitrogens with zero attached hydrogens (tertiary/aromatic N) is 1. The van der Waals surface area contributed by atoms with Crippen LogP contribution in [0, 0.1) is 0 Å². The summed E-state index contributed by atoms with van der Waals surface area (Å²) in [6.07, 6.45) is 38.9. The first kappa shape index (κ1) is 31.5. The maximum Gasteiger partial charge on any atom is 0.222 e. The first-order valence-electron chi connectivity index (χ1n) is 16.1. The van der Waals surface area contributed by atoms with Crippen molar-refractivity contribution < 1.29 is 4.79 Å². The zero-order valence-electron chi connectivity index (χ0n) is 23.6. The molecule has 34 heavy (non-hydrogen) atoms. The van der Waals surface area contributed by atoms with E-state index < -0.39 is 0 Å². The summed E-state index contributed by atoms with van der Waals surface area (Å²) >= 11 is 0. The molecule has 1 aliphatic heterocycles. The topological polar surface area (TPSA) is 20.3 Å². The number of hydrogen-bond acceptors (Lipinski definition) is 1. The molecule has 0 bridgehead atoms. The van der Waals surface area contributed by atoms with E-state index in [9.17, 15) is 4.79 Å². The number of unbranched alkanes of at least 4 members (excludes halogenated alkanes) is 24. The molecule has 1 saturated heterocycles. The van der Waals surface area contributed by atoms with Crippen molar-refractivity contribution in [2.24, 2.45) is 0 Å². The van der Waals surface area contributed by atoms with Gasteiger partial charge in [-0.25, -0.2) is 0 Å². The molecule has 0 saturated carbocycles. The Morgan fingerprint density at radius 3 is 1.00 bits per heavy atom. The third-order valence-electron chi connectivity index (χ3n) is 7.95.